The van der Waals surface area contributed by atoms with Gasteiger partial charge in [0, 0.05) is 12.5 Å². The second-order valence-corrected chi connectivity index (χ2v) is 1.80. The molecule has 0 heterocycles. The lowest BCUT2D eigenvalue weighted by Crippen LogP contribution is -2.68. The van der Waals surface area contributed by atoms with Crippen molar-refractivity contribution in [2.75, 3.05) is 0 Å². The number of rotatable bonds is 1. The number of hydrogen-bond donors (Lipinski definition) is 2. The third-order valence-electron chi connectivity index (χ3n) is 0.744. The highest BCUT2D eigenvalue weighted by molar-refractivity contribution is 5.71. The molecule has 0 rings (SSSR count). The zero-order chi connectivity index (χ0) is 7.28. The highest BCUT2D eigenvalue weighted by atomic mass is 14.8. The topological polar surface area (TPSA) is 40.0 Å². The monoisotopic (exact) mass is 123 g/mol. The Morgan fingerprint density at radius 1 is 1.67 bits per heavy atom. The summed E-state index contributed by atoms with van der Waals surface area (Å²) >= 11 is 0. The Labute approximate surface area is 55.5 Å². The van der Waals surface area contributed by atoms with Crippen molar-refractivity contribution < 1.29 is 4.99 Å². The quantitative estimate of drug-likeness (QED) is 0.261. The summed E-state index contributed by atoms with van der Waals surface area (Å²) in [6.45, 7) is 3.59. The van der Waals surface area contributed by atoms with E-state index in [9.17, 15) is 0 Å². The van der Waals surface area contributed by atoms with E-state index in [-0.39, 0.29) is 0 Å². The third kappa shape index (κ3) is 4.63. The lowest BCUT2D eigenvalue weighted by Gasteiger charge is -1.79. The van der Waals surface area contributed by atoms with Crippen molar-refractivity contribution in [3.8, 4) is 12.3 Å². The van der Waals surface area contributed by atoms with Gasteiger partial charge in [0.1, 0.15) is 0 Å². The van der Waals surface area contributed by atoms with E-state index in [0.717, 1.165) is 5.57 Å². The molecule has 0 aromatic heterocycles. The molecule has 0 fully saturated rings. The second-order valence-electron chi connectivity index (χ2n) is 1.80. The van der Waals surface area contributed by atoms with Crippen LogP contribution in [0.2, 0.25) is 0 Å². The molecule has 2 nitrogen and oxygen atoms in total. The molecule has 0 aliphatic rings. The molecule has 0 unspecified atom stereocenters. The summed E-state index contributed by atoms with van der Waals surface area (Å²) in [5, 5.41) is 0. The summed E-state index contributed by atoms with van der Waals surface area (Å²) < 4.78 is 0. The number of hydrogen-bond acceptors (Lipinski definition) is 0. The first-order valence-electron chi connectivity index (χ1n) is 2.65. The van der Waals surface area contributed by atoms with Gasteiger partial charge in [0.2, 0.25) is 5.84 Å². The van der Waals surface area contributed by atoms with Gasteiger partial charge in [-0.3, -0.25) is 10.7 Å². The first kappa shape index (κ1) is 7.77. The van der Waals surface area contributed by atoms with E-state index in [0.29, 0.717) is 5.84 Å². The number of nitrogens with two attached hydrogens (primary N) is 1. The van der Waals surface area contributed by atoms with Crippen LogP contribution in [0, 0.1) is 12.3 Å². The Kier molecular flexibility index (Phi) is 3.22. The number of nitrogens with one attached hydrogen (secondary N) is 1. The average molecular weight is 123 g/mol. The van der Waals surface area contributed by atoms with Crippen LogP contribution in [0.5, 0.6) is 0 Å². The molecule has 9 heavy (non-hydrogen) atoms. The summed E-state index contributed by atoms with van der Waals surface area (Å²) in [5.41, 5.74) is 6.12. The summed E-state index contributed by atoms with van der Waals surface area (Å²) in [5.74, 6) is 3.09. The van der Waals surface area contributed by atoms with E-state index in [4.69, 9.17) is 12.2 Å². The van der Waals surface area contributed by atoms with Crippen LogP contribution >= 0.6 is 0 Å². The minimum atomic E-state index is 0.643. The molecule has 0 bridgehead atoms. The van der Waals surface area contributed by atoms with Gasteiger partial charge in [0.25, 0.3) is 0 Å². The molecule has 0 aliphatic heterocycles. The minimum absolute atomic E-state index is 0.643. The maximum Gasteiger partial charge on any atom is 0.241 e. The molecular weight excluding hydrogens is 112 g/mol. The first-order valence-corrected chi connectivity index (χ1v) is 2.65. The molecule has 48 valence electrons. The Morgan fingerprint density at radius 3 is 2.56 bits per heavy atom. The van der Waals surface area contributed by atoms with Crippen molar-refractivity contribution in [2.45, 2.75) is 13.8 Å². The van der Waals surface area contributed by atoms with Crippen molar-refractivity contribution in [2.24, 2.45) is 5.73 Å². The zero-order valence-electron chi connectivity index (χ0n) is 5.73. The molecule has 0 radical (unpaired) electrons. The van der Waals surface area contributed by atoms with Gasteiger partial charge in [-0.25, -0.2) is 0 Å². The predicted molar refractivity (Wildman–Crippen MR) is 38.4 cm³/mol. The highest BCUT2D eigenvalue weighted by Gasteiger charge is 1.81. The van der Waals surface area contributed by atoms with E-state index < -0.39 is 0 Å². The Balaban J connectivity index is 4.03. The molecule has 0 atom stereocenters. The van der Waals surface area contributed by atoms with Gasteiger partial charge in [-0.2, -0.15) is 0 Å². The lowest BCUT2D eigenvalue weighted by atomic mass is 10.4. The molecule has 0 aliphatic carbocycles. The molecule has 0 aromatic carbocycles. The molecular formula is C7H11N2+. The van der Waals surface area contributed by atoms with Crippen molar-refractivity contribution in [1.29, 1.82) is 0 Å². The fourth-order valence-electron chi connectivity index (χ4n) is 0.264. The van der Waals surface area contributed by atoms with Crippen LogP contribution < -0.4 is 10.7 Å². The Hall–Kier alpha value is -1.23. The summed E-state index contributed by atoms with van der Waals surface area (Å²) in [4.78, 5) is 2.79. The standard InChI is InChI=1S/C7H10N2/c1-4-6(2)5-9-7(3)8/h1,5H,2-3H3,(H2,8,9)/p+1/b6-5+. The van der Waals surface area contributed by atoms with Crippen LogP contribution in [0.1, 0.15) is 13.8 Å². The summed E-state index contributed by atoms with van der Waals surface area (Å²) in [6, 6.07) is 0. The van der Waals surface area contributed by atoms with Gasteiger partial charge in [-0.05, 0) is 6.92 Å². The average Bonchev–Trinajstić information content (AvgIpc) is 1.83. The van der Waals surface area contributed by atoms with Crippen LogP contribution in [-0.4, -0.2) is 5.84 Å². The fourth-order valence-corrected chi connectivity index (χ4v) is 0.264. The van der Waals surface area contributed by atoms with Gasteiger partial charge in [-0.1, -0.05) is 5.92 Å². The van der Waals surface area contributed by atoms with Gasteiger partial charge in [0.05, 0.1) is 6.20 Å². The van der Waals surface area contributed by atoms with E-state index in [2.05, 4.69) is 10.9 Å². The number of allylic oxidation sites excluding steroid dienone is 1. The minimum Gasteiger partial charge on any atom is -0.291 e. The largest absolute Gasteiger partial charge is 0.291 e. The Bertz CT molecular complexity index is 178. The van der Waals surface area contributed by atoms with Crippen LogP contribution in [0.4, 0.5) is 0 Å². The van der Waals surface area contributed by atoms with E-state index in [1.54, 1.807) is 13.1 Å². The van der Waals surface area contributed by atoms with Gasteiger partial charge >= 0.3 is 0 Å². The molecule has 0 spiro atoms. The van der Waals surface area contributed by atoms with Crippen molar-refractivity contribution in [1.82, 2.24) is 0 Å². The molecule has 3 N–H and O–H groups in total. The van der Waals surface area contributed by atoms with E-state index in [1.807, 2.05) is 6.92 Å². The molecule has 0 amide bonds. The molecule has 0 aromatic rings. The van der Waals surface area contributed by atoms with Gasteiger partial charge < -0.3 is 0 Å². The van der Waals surface area contributed by atoms with Crippen LogP contribution in [0.3, 0.4) is 0 Å². The third-order valence-corrected chi connectivity index (χ3v) is 0.744. The van der Waals surface area contributed by atoms with Crippen LogP contribution in [-0.2, 0) is 0 Å². The van der Waals surface area contributed by atoms with Gasteiger partial charge in [0.15, 0.2) is 0 Å². The summed E-state index contributed by atoms with van der Waals surface area (Å²) in [6.07, 6.45) is 6.74. The SMILES string of the molecule is C#C/C(C)=C/[NH+]=C(C)N. The highest BCUT2D eigenvalue weighted by Crippen LogP contribution is 1.78. The normalized spacial score (nSPS) is 13.0. The zero-order valence-corrected chi connectivity index (χ0v) is 5.73. The number of amidine groups is 1. The summed E-state index contributed by atoms with van der Waals surface area (Å²) in [7, 11) is 0. The second kappa shape index (κ2) is 3.73. The van der Waals surface area contributed by atoms with E-state index in [1.165, 1.54) is 0 Å². The lowest BCUT2D eigenvalue weighted by molar-refractivity contribution is -0.375. The number of terminal acetylenes is 1. The van der Waals surface area contributed by atoms with Crippen LogP contribution in [0.25, 0.3) is 0 Å². The van der Waals surface area contributed by atoms with Crippen molar-refractivity contribution in [3.05, 3.63) is 11.8 Å². The van der Waals surface area contributed by atoms with Crippen molar-refractivity contribution >= 4 is 5.84 Å². The van der Waals surface area contributed by atoms with E-state index >= 15 is 0 Å². The Morgan fingerprint density at radius 2 is 2.22 bits per heavy atom. The van der Waals surface area contributed by atoms with Crippen molar-refractivity contribution in [3.63, 3.8) is 0 Å². The maximum absolute atomic E-state index is 5.29. The molecule has 2 heteroatoms. The van der Waals surface area contributed by atoms with Gasteiger partial charge in [-0.15, -0.1) is 6.42 Å². The molecule has 0 saturated heterocycles. The smallest absolute Gasteiger partial charge is 0.241 e. The fraction of sp³-hybridized carbons (Fsp3) is 0.286. The maximum atomic E-state index is 5.29. The first-order chi connectivity index (χ1) is 4.16. The molecule has 0 saturated carbocycles. The predicted octanol–water partition coefficient (Wildman–Crippen LogP) is -1.02. The van der Waals surface area contributed by atoms with Crippen LogP contribution in [0.15, 0.2) is 11.8 Å².